The maximum Gasteiger partial charge on any atom is 0.220 e. The summed E-state index contributed by atoms with van der Waals surface area (Å²) in [5.41, 5.74) is 0.965. The van der Waals surface area contributed by atoms with Gasteiger partial charge in [-0.3, -0.25) is 4.79 Å². The Balaban J connectivity index is 1.48. The van der Waals surface area contributed by atoms with Crippen LogP contribution in [0.1, 0.15) is 17.2 Å². The number of amides is 1. The van der Waals surface area contributed by atoms with E-state index < -0.39 is 0 Å². The number of hydrogen-bond donors (Lipinski definition) is 1. The molecule has 4 nitrogen and oxygen atoms in total. The fraction of sp³-hybridized carbons (Fsp3) is 0.176. The Morgan fingerprint density at radius 1 is 1.22 bits per heavy atom. The van der Waals surface area contributed by atoms with Gasteiger partial charge < -0.3 is 9.73 Å². The Morgan fingerprint density at radius 3 is 2.78 bits per heavy atom. The van der Waals surface area contributed by atoms with Crippen LogP contribution in [0.5, 0.6) is 0 Å². The summed E-state index contributed by atoms with van der Waals surface area (Å²) in [6.07, 6.45) is 2.78. The fourth-order valence-corrected chi connectivity index (χ4v) is 3.20. The van der Waals surface area contributed by atoms with Crippen LogP contribution in [0, 0.1) is 0 Å². The summed E-state index contributed by atoms with van der Waals surface area (Å²) in [6, 6.07) is 13.5. The lowest BCUT2D eigenvalue weighted by Crippen LogP contribution is -2.23. The van der Waals surface area contributed by atoms with Crippen LogP contribution in [-0.2, 0) is 17.8 Å². The quantitative estimate of drug-likeness (QED) is 0.723. The number of halogens is 1. The van der Waals surface area contributed by atoms with E-state index >= 15 is 0 Å². The average molecular weight is 347 g/mol. The number of benzene rings is 1. The van der Waals surface area contributed by atoms with Gasteiger partial charge in [0.1, 0.15) is 0 Å². The van der Waals surface area contributed by atoms with Gasteiger partial charge in [-0.2, -0.15) is 0 Å². The zero-order valence-corrected chi connectivity index (χ0v) is 13.9. The van der Waals surface area contributed by atoms with E-state index in [4.69, 9.17) is 16.0 Å². The highest BCUT2D eigenvalue weighted by Gasteiger charge is 2.08. The molecule has 0 atom stereocenters. The molecule has 0 aliphatic heterocycles. The molecule has 0 aliphatic rings. The average Bonchev–Trinajstić information content (AvgIpc) is 3.21. The molecule has 0 aliphatic carbocycles. The first-order valence-electron chi connectivity index (χ1n) is 7.22. The number of nitrogens with one attached hydrogen (secondary N) is 1. The van der Waals surface area contributed by atoms with Crippen molar-refractivity contribution in [1.82, 2.24) is 10.3 Å². The highest BCUT2D eigenvalue weighted by molar-refractivity contribution is 7.16. The molecule has 2 heterocycles. The summed E-state index contributed by atoms with van der Waals surface area (Å²) in [5.74, 6) is 1.16. The monoisotopic (exact) mass is 346 g/mol. The normalized spacial score (nSPS) is 10.7. The van der Waals surface area contributed by atoms with Gasteiger partial charge in [-0.05, 0) is 18.6 Å². The minimum absolute atomic E-state index is 0.0333. The second kappa shape index (κ2) is 7.44. The number of thiophene rings is 1. The van der Waals surface area contributed by atoms with Gasteiger partial charge in [0.05, 0.1) is 17.1 Å². The zero-order valence-electron chi connectivity index (χ0n) is 12.3. The molecule has 1 N–H and O–H groups in total. The molecule has 6 heteroatoms. The van der Waals surface area contributed by atoms with E-state index in [2.05, 4.69) is 10.3 Å². The van der Waals surface area contributed by atoms with Crippen LogP contribution in [0.3, 0.4) is 0 Å². The highest BCUT2D eigenvalue weighted by atomic mass is 35.5. The third kappa shape index (κ3) is 4.43. The summed E-state index contributed by atoms with van der Waals surface area (Å²) in [6.45, 7) is 0.289. The summed E-state index contributed by atoms with van der Waals surface area (Å²) < 4.78 is 6.39. The molecule has 0 bridgehead atoms. The van der Waals surface area contributed by atoms with E-state index in [-0.39, 0.29) is 12.5 Å². The summed E-state index contributed by atoms with van der Waals surface area (Å²) >= 11 is 7.37. The van der Waals surface area contributed by atoms with Crippen LogP contribution in [0.25, 0.3) is 11.3 Å². The Hall–Kier alpha value is -2.11. The van der Waals surface area contributed by atoms with Gasteiger partial charge in [-0.15, -0.1) is 11.3 Å². The van der Waals surface area contributed by atoms with E-state index in [0.717, 1.165) is 14.8 Å². The van der Waals surface area contributed by atoms with Gasteiger partial charge in [-0.1, -0.05) is 41.9 Å². The van der Waals surface area contributed by atoms with Gasteiger partial charge in [0.15, 0.2) is 5.76 Å². The smallest absolute Gasteiger partial charge is 0.220 e. The van der Waals surface area contributed by atoms with E-state index in [0.29, 0.717) is 24.5 Å². The summed E-state index contributed by atoms with van der Waals surface area (Å²) in [4.78, 5) is 17.2. The van der Waals surface area contributed by atoms with Gasteiger partial charge in [0.25, 0.3) is 0 Å². The van der Waals surface area contributed by atoms with Gasteiger partial charge in [-0.25, -0.2) is 4.98 Å². The molecule has 0 saturated heterocycles. The predicted octanol–water partition coefficient (Wildman–Crippen LogP) is 4.31. The van der Waals surface area contributed by atoms with Crippen molar-refractivity contribution < 1.29 is 9.21 Å². The van der Waals surface area contributed by atoms with Crippen molar-refractivity contribution >= 4 is 28.8 Å². The number of nitrogens with zero attached hydrogens (tertiary/aromatic N) is 1. The molecule has 2 aromatic heterocycles. The van der Waals surface area contributed by atoms with E-state index in [1.807, 2.05) is 42.5 Å². The number of carbonyl (C=O) groups excluding carboxylic acids is 1. The topological polar surface area (TPSA) is 55.1 Å². The van der Waals surface area contributed by atoms with Gasteiger partial charge >= 0.3 is 0 Å². The van der Waals surface area contributed by atoms with Crippen LogP contribution in [0.4, 0.5) is 0 Å². The molecule has 1 aromatic carbocycles. The molecular formula is C17H15ClN2O2S. The van der Waals surface area contributed by atoms with Crippen molar-refractivity contribution in [1.29, 1.82) is 0 Å². The van der Waals surface area contributed by atoms with Crippen molar-refractivity contribution in [3.05, 3.63) is 63.8 Å². The molecule has 3 aromatic rings. The van der Waals surface area contributed by atoms with Crippen molar-refractivity contribution in [2.75, 3.05) is 0 Å². The van der Waals surface area contributed by atoms with E-state index in [1.165, 1.54) is 11.3 Å². The molecule has 0 saturated carbocycles. The van der Waals surface area contributed by atoms with Gasteiger partial charge in [0.2, 0.25) is 11.8 Å². The Morgan fingerprint density at radius 2 is 2.04 bits per heavy atom. The SMILES string of the molecule is O=C(CCc1ccc(Cl)s1)NCc1ncc(-c2ccccc2)o1. The number of oxazole rings is 1. The first-order valence-corrected chi connectivity index (χ1v) is 8.41. The molecule has 3 rings (SSSR count). The Kier molecular flexibility index (Phi) is 5.10. The number of hydrogen-bond acceptors (Lipinski definition) is 4. The Bertz CT molecular complexity index is 783. The first kappa shape index (κ1) is 15.8. The second-order valence-corrected chi connectivity index (χ2v) is 6.77. The molecular weight excluding hydrogens is 332 g/mol. The number of aromatic nitrogens is 1. The van der Waals surface area contributed by atoms with Crippen LogP contribution in [0.2, 0.25) is 4.34 Å². The number of aryl methyl sites for hydroxylation is 1. The number of rotatable bonds is 6. The molecule has 0 spiro atoms. The third-order valence-electron chi connectivity index (χ3n) is 3.28. The van der Waals surface area contributed by atoms with Gasteiger partial charge in [0, 0.05) is 16.9 Å². The second-order valence-electron chi connectivity index (χ2n) is 4.97. The van der Waals surface area contributed by atoms with Crippen molar-refractivity contribution in [2.24, 2.45) is 0 Å². The lowest BCUT2D eigenvalue weighted by Gasteiger charge is -2.01. The minimum atomic E-state index is -0.0333. The van der Waals surface area contributed by atoms with Crippen LogP contribution in [0.15, 0.2) is 53.1 Å². The molecule has 0 radical (unpaired) electrons. The van der Waals surface area contributed by atoms with Crippen molar-refractivity contribution in [3.63, 3.8) is 0 Å². The highest BCUT2D eigenvalue weighted by Crippen LogP contribution is 2.22. The summed E-state index contributed by atoms with van der Waals surface area (Å²) in [7, 11) is 0. The van der Waals surface area contributed by atoms with E-state index in [1.54, 1.807) is 6.20 Å². The van der Waals surface area contributed by atoms with Crippen LogP contribution >= 0.6 is 22.9 Å². The maximum absolute atomic E-state index is 11.9. The number of carbonyl (C=O) groups is 1. The molecule has 0 unspecified atom stereocenters. The standard InChI is InChI=1S/C17H15ClN2O2S/c18-15-8-6-13(23-15)7-9-16(21)19-11-17-20-10-14(22-17)12-4-2-1-3-5-12/h1-6,8,10H,7,9,11H2,(H,19,21). The van der Waals surface area contributed by atoms with Crippen LogP contribution < -0.4 is 5.32 Å². The third-order valence-corrected chi connectivity index (χ3v) is 4.57. The largest absolute Gasteiger partial charge is 0.439 e. The first-order chi connectivity index (χ1) is 11.2. The van der Waals surface area contributed by atoms with Crippen molar-refractivity contribution in [2.45, 2.75) is 19.4 Å². The molecule has 23 heavy (non-hydrogen) atoms. The molecule has 0 fully saturated rings. The van der Waals surface area contributed by atoms with E-state index in [9.17, 15) is 4.79 Å². The zero-order chi connectivity index (χ0) is 16.1. The lowest BCUT2D eigenvalue weighted by molar-refractivity contribution is -0.121. The fourth-order valence-electron chi connectivity index (χ4n) is 2.11. The Labute approximate surface area is 143 Å². The van der Waals surface area contributed by atoms with Crippen molar-refractivity contribution in [3.8, 4) is 11.3 Å². The lowest BCUT2D eigenvalue weighted by atomic mass is 10.2. The summed E-state index contributed by atoms with van der Waals surface area (Å²) in [5, 5.41) is 2.82. The molecule has 1 amide bonds. The molecule has 118 valence electrons. The van der Waals surface area contributed by atoms with Crippen LogP contribution in [-0.4, -0.2) is 10.9 Å². The predicted molar refractivity (Wildman–Crippen MR) is 91.4 cm³/mol. The maximum atomic E-state index is 11.9. The minimum Gasteiger partial charge on any atom is -0.439 e.